The summed E-state index contributed by atoms with van der Waals surface area (Å²) in [5.41, 5.74) is 0. The molecule has 0 aromatic carbocycles. The number of rotatable bonds is 4. The van der Waals surface area contributed by atoms with Gasteiger partial charge in [-0.1, -0.05) is 6.42 Å². The van der Waals surface area contributed by atoms with Gasteiger partial charge in [0.1, 0.15) is 0 Å². The molecule has 0 amide bonds. The number of nitrogens with one attached hydrogen (secondary N) is 1. The Hall–Kier alpha value is 0.270. The van der Waals surface area contributed by atoms with Crippen molar-refractivity contribution in [3.63, 3.8) is 0 Å². The van der Waals surface area contributed by atoms with Crippen molar-refractivity contribution in [3.8, 4) is 0 Å². The van der Waals surface area contributed by atoms with Crippen LogP contribution in [0, 0.1) is 0 Å². The average molecular weight is 175 g/mol. The number of hydrogen-bond donors (Lipinski definition) is 2. The predicted molar refractivity (Wildman–Crippen MR) is 50.0 cm³/mol. The number of aliphatic hydroxyl groups is 1. The fourth-order valence-electron chi connectivity index (χ4n) is 1.74. The maximum atomic E-state index is 9.08. The van der Waals surface area contributed by atoms with Gasteiger partial charge in [0.15, 0.2) is 0 Å². The Morgan fingerprint density at radius 2 is 2.27 bits per heavy atom. The van der Waals surface area contributed by atoms with Crippen LogP contribution in [0.3, 0.4) is 0 Å². The van der Waals surface area contributed by atoms with Crippen LogP contribution in [0.15, 0.2) is 0 Å². The first-order valence-electron chi connectivity index (χ1n) is 4.12. The van der Waals surface area contributed by atoms with Gasteiger partial charge in [0.25, 0.3) is 0 Å². The topological polar surface area (TPSA) is 32.3 Å². The zero-order valence-corrected chi connectivity index (χ0v) is 8.08. The van der Waals surface area contributed by atoms with E-state index in [1.165, 1.54) is 19.3 Å². The smallest absolute Gasteiger partial charge is 0.0598 e. The van der Waals surface area contributed by atoms with Crippen molar-refractivity contribution in [2.45, 2.75) is 30.1 Å². The lowest BCUT2D eigenvalue weighted by atomic mass is 9.79. The summed E-state index contributed by atoms with van der Waals surface area (Å²) in [6, 6.07) is 0.284. The van der Waals surface area contributed by atoms with E-state index in [1.807, 2.05) is 18.8 Å². The summed E-state index contributed by atoms with van der Waals surface area (Å²) >= 11 is 1.89. The summed E-state index contributed by atoms with van der Waals surface area (Å²) in [5.74, 6) is 0. The molecule has 0 aromatic rings. The van der Waals surface area contributed by atoms with Crippen molar-refractivity contribution in [3.05, 3.63) is 0 Å². The van der Waals surface area contributed by atoms with Crippen LogP contribution in [0.2, 0.25) is 0 Å². The minimum absolute atomic E-state index is 0.261. The number of likely N-dealkylation sites (N-methyl/N-ethyl adjacent to an activating group) is 1. The fraction of sp³-hybridized carbons (Fsp3) is 1.00. The molecule has 1 aliphatic carbocycles. The second-order valence-corrected chi connectivity index (χ2v) is 4.37. The van der Waals surface area contributed by atoms with E-state index in [0.29, 0.717) is 4.75 Å². The van der Waals surface area contributed by atoms with Gasteiger partial charge in [0.05, 0.1) is 6.61 Å². The lowest BCUT2D eigenvalue weighted by Crippen LogP contribution is -2.53. The summed E-state index contributed by atoms with van der Waals surface area (Å²) in [6.45, 7) is 0.261. The summed E-state index contributed by atoms with van der Waals surface area (Å²) in [7, 11) is 1.93. The maximum Gasteiger partial charge on any atom is 0.0598 e. The molecule has 1 atom stereocenters. The molecule has 0 aromatic heterocycles. The normalized spacial score (nSPS) is 24.3. The van der Waals surface area contributed by atoms with Gasteiger partial charge in [0.2, 0.25) is 0 Å². The van der Waals surface area contributed by atoms with Crippen molar-refractivity contribution >= 4 is 11.8 Å². The van der Waals surface area contributed by atoms with E-state index in [2.05, 4.69) is 11.6 Å². The zero-order valence-electron chi connectivity index (χ0n) is 7.26. The molecule has 0 heterocycles. The molecule has 1 saturated carbocycles. The summed E-state index contributed by atoms with van der Waals surface area (Å²) < 4.78 is 0.337. The monoisotopic (exact) mass is 175 g/mol. The first-order chi connectivity index (χ1) is 5.29. The Morgan fingerprint density at radius 1 is 1.64 bits per heavy atom. The van der Waals surface area contributed by atoms with Gasteiger partial charge in [-0.25, -0.2) is 0 Å². The average Bonchev–Trinajstić information content (AvgIpc) is 1.96. The van der Waals surface area contributed by atoms with E-state index < -0.39 is 0 Å². The molecule has 66 valence electrons. The van der Waals surface area contributed by atoms with Crippen molar-refractivity contribution in [1.29, 1.82) is 0 Å². The molecule has 0 bridgehead atoms. The van der Waals surface area contributed by atoms with Gasteiger partial charge in [0, 0.05) is 10.8 Å². The molecule has 0 radical (unpaired) electrons. The third-order valence-electron chi connectivity index (χ3n) is 2.77. The van der Waals surface area contributed by atoms with Crippen LogP contribution >= 0.6 is 11.8 Å². The molecule has 0 saturated heterocycles. The van der Waals surface area contributed by atoms with Gasteiger partial charge in [-0.2, -0.15) is 11.8 Å². The molecule has 11 heavy (non-hydrogen) atoms. The fourth-order valence-corrected chi connectivity index (χ4v) is 2.91. The first-order valence-corrected chi connectivity index (χ1v) is 5.35. The number of thioether (sulfide) groups is 1. The number of hydrogen-bond acceptors (Lipinski definition) is 3. The van der Waals surface area contributed by atoms with Gasteiger partial charge < -0.3 is 10.4 Å². The van der Waals surface area contributed by atoms with Crippen LogP contribution < -0.4 is 5.32 Å². The SMILES string of the molecule is CNC(CO)C1(SC)CCC1. The van der Waals surface area contributed by atoms with E-state index in [9.17, 15) is 0 Å². The van der Waals surface area contributed by atoms with E-state index in [4.69, 9.17) is 5.11 Å². The second kappa shape index (κ2) is 3.78. The third-order valence-corrected chi connectivity index (χ3v) is 4.28. The molecular formula is C8H17NOS. The third kappa shape index (κ3) is 1.55. The molecular weight excluding hydrogens is 158 g/mol. The maximum absolute atomic E-state index is 9.08. The standard InChI is InChI=1S/C8H17NOS/c1-9-7(6-10)8(11-2)4-3-5-8/h7,9-10H,3-6H2,1-2H3. The highest BCUT2D eigenvalue weighted by Gasteiger charge is 2.42. The summed E-state index contributed by atoms with van der Waals surface area (Å²) in [5, 5.41) is 12.3. The van der Waals surface area contributed by atoms with Crippen LogP contribution in [0.4, 0.5) is 0 Å². The Bertz CT molecular complexity index is 116. The van der Waals surface area contributed by atoms with Crippen LogP contribution in [0.5, 0.6) is 0 Å². The second-order valence-electron chi connectivity index (χ2n) is 3.15. The Labute approximate surface area is 72.8 Å². The van der Waals surface area contributed by atoms with E-state index in [1.54, 1.807) is 0 Å². The Kier molecular flexibility index (Phi) is 3.22. The quantitative estimate of drug-likeness (QED) is 0.664. The summed E-state index contributed by atoms with van der Waals surface area (Å²) in [6.07, 6.45) is 5.96. The lowest BCUT2D eigenvalue weighted by Gasteiger charge is -2.45. The highest BCUT2D eigenvalue weighted by Crippen LogP contribution is 2.45. The molecule has 1 aliphatic rings. The van der Waals surface area contributed by atoms with Gasteiger partial charge in [-0.15, -0.1) is 0 Å². The van der Waals surface area contributed by atoms with Crippen LogP contribution in [0.1, 0.15) is 19.3 Å². The van der Waals surface area contributed by atoms with Crippen molar-refractivity contribution in [2.24, 2.45) is 0 Å². The first kappa shape index (κ1) is 9.36. The lowest BCUT2D eigenvalue weighted by molar-refractivity contribution is 0.179. The molecule has 0 aliphatic heterocycles. The molecule has 3 heteroatoms. The number of aliphatic hydroxyl groups excluding tert-OH is 1. The van der Waals surface area contributed by atoms with Crippen LogP contribution in [0.25, 0.3) is 0 Å². The van der Waals surface area contributed by atoms with Crippen LogP contribution in [-0.4, -0.2) is 35.8 Å². The Balaban J connectivity index is 2.51. The predicted octanol–water partition coefficient (Wildman–Crippen LogP) is 0.852. The van der Waals surface area contributed by atoms with Gasteiger partial charge >= 0.3 is 0 Å². The highest BCUT2D eigenvalue weighted by atomic mass is 32.2. The van der Waals surface area contributed by atoms with Crippen molar-refractivity contribution in [1.82, 2.24) is 5.32 Å². The van der Waals surface area contributed by atoms with Crippen molar-refractivity contribution in [2.75, 3.05) is 19.9 Å². The van der Waals surface area contributed by atoms with Crippen molar-refractivity contribution < 1.29 is 5.11 Å². The minimum atomic E-state index is 0.261. The molecule has 1 rings (SSSR count). The Morgan fingerprint density at radius 3 is 2.36 bits per heavy atom. The van der Waals surface area contributed by atoms with E-state index >= 15 is 0 Å². The minimum Gasteiger partial charge on any atom is -0.395 e. The highest BCUT2D eigenvalue weighted by molar-refractivity contribution is 8.00. The molecule has 2 nitrogen and oxygen atoms in total. The molecule has 0 spiro atoms. The summed E-state index contributed by atoms with van der Waals surface area (Å²) in [4.78, 5) is 0. The largest absolute Gasteiger partial charge is 0.395 e. The molecule has 2 N–H and O–H groups in total. The van der Waals surface area contributed by atoms with Crippen LogP contribution in [-0.2, 0) is 0 Å². The zero-order chi connectivity index (χ0) is 8.32. The molecule has 1 fully saturated rings. The van der Waals surface area contributed by atoms with E-state index in [-0.39, 0.29) is 12.6 Å². The van der Waals surface area contributed by atoms with Gasteiger partial charge in [-0.05, 0) is 26.1 Å². The molecule has 1 unspecified atom stereocenters. The van der Waals surface area contributed by atoms with E-state index in [0.717, 1.165) is 0 Å². The van der Waals surface area contributed by atoms with Gasteiger partial charge in [-0.3, -0.25) is 0 Å².